The molecular formula is C17H16F3NO3. The maximum atomic E-state index is 12.5. The lowest BCUT2D eigenvalue weighted by atomic mass is 10.1. The van der Waals surface area contributed by atoms with Crippen molar-refractivity contribution in [2.24, 2.45) is 0 Å². The summed E-state index contributed by atoms with van der Waals surface area (Å²) in [5, 5.41) is 11.3. The average Bonchev–Trinajstić information content (AvgIpc) is 2.54. The number of carbonyl (C=O) groups is 1. The second-order valence-electron chi connectivity index (χ2n) is 5.02. The van der Waals surface area contributed by atoms with Gasteiger partial charge in [0.1, 0.15) is 12.4 Å². The zero-order valence-electron chi connectivity index (χ0n) is 12.6. The number of alkyl halides is 3. The van der Waals surface area contributed by atoms with Crippen molar-refractivity contribution in [1.29, 1.82) is 0 Å². The molecule has 24 heavy (non-hydrogen) atoms. The first-order chi connectivity index (χ1) is 11.4. The molecule has 4 nitrogen and oxygen atoms in total. The predicted octanol–water partition coefficient (Wildman–Crippen LogP) is 3.26. The highest BCUT2D eigenvalue weighted by atomic mass is 19.4. The number of aliphatic hydroxyl groups is 1. The monoisotopic (exact) mass is 339 g/mol. The second-order valence-corrected chi connectivity index (χ2v) is 5.02. The van der Waals surface area contributed by atoms with Crippen LogP contribution >= 0.6 is 0 Å². The number of hydrogen-bond acceptors (Lipinski definition) is 3. The van der Waals surface area contributed by atoms with Crippen LogP contribution in [0, 0.1) is 0 Å². The van der Waals surface area contributed by atoms with Crippen molar-refractivity contribution < 1.29 is 27.8 Å². The molecule has 0 unspecified atom stereocenters. The zero-order chi connectivity index (χ0) is 17.6. The summed E-state index contributed by atoms with van der Waals surface area (Å²) in [4.78, 5) is 11.9. The van der Waals surface area contributed by atoms with Crippen LogP contribution in [0.5, 0.6) is 5.75 Å². The molecule has 0 saturated carbocycles. The predicted molar refractivity (Wildman–Crippen MR) is 82.8 cm³/mol. The van der Waals surface area contributed by atoms with E-state index in [4.69, 9.17) is 9.84 Å². The summed E-state index contributed by atoms with van der Waals surface area (Å²) in [6, 6.07) is 11.0. The third kappa shape index (κ3) is 5.27. The molecular weight excluding hydrogens is 323 g/mol. The maximum Gasteiger partial charge on any atom is 0.416 e. The number of anilines is 1. The minimum atomic E-state index is -4.39. The molecule has 0 spiro atoms. The van der Waals surface area contributed by atoms with Crippen molar-refractivity contribution in [3.05, 3.63) is 59.7 Å². The second kappa shape index (κ2) is 7.83. The summed E-state index contributed by atoms with van der Waals surface area (Å²) in [5.41, 5.74) is 0.289. The van der Waals surface area contributed by atoms with Gasteiger partial charge >= 0.3 is 6.18 Å². The molecule has 7 heteroatoms. The highest BCUT2D eigenvalue weighted by molar-refractivity contribution is 5.92. The van der Waals surface area contributed by atoms with E-state index in [9.17, 15) is 18.0 Å². The van der Waals surface area contributed by atoms with E-state index in [0.29, 0.717) is 17.0 Å². The van der Waals surface area contributed by atoms with E-state index in [1.807, 2.05) is 0 Å². The van der Waals surface area contributed by atoms with Crippen molar-refractivity contribution >= 4 is 11.6 Å². The number of aliphatic hydroxyl groups excluding tert-OH is 1. The Kier molecular flexibility index (Phi) is 5.81. The Hall–Kier alpha value is -2.54. The SMILES string of the molecule is O=C(Cc1ccc(C(F)(F)F)cc1)Nc1ccc(OCCO)cc1. The fraction of sp³-hybridized carbons (Fsp3) is 0.235. The van der Waals surface area contributed by atoms with Crippen LogP contribution < -0.4 is 10.1 Å². The minimum Gasteiger partial charge on any atom is -0.491 e. The minimum absolute atomic E-state index is 0.0269. The van der Waals surface area contributed by atoms with Gasteiger partial charge in [-0.1, -0.05) is 12.1 Å². The Morgan fingerprint density at radius 2 is 1.67 bits per heavy atom. The van der Waals surface area contributed by atoms with Crippen molar-refractivity contribution in [3.63, 3.8) is 0 Å². The standard InChI is InChI=1S/C17H16F3NO3/c18-17(19,20)13-3-1-12(2-4-13)11-16(23)21-14-5-7-15(8-6-14)24-10-9-22/h1-8,22H,9-11H2,(H,21,23). The molecule has 0 saturated heterocycles. The van der Waals surface area contributed by atoms with Crippen LogP contribution in [0.4, 0.5) is 18.9 Å². The van der Waals surface area contributed by atoms with Gasteiger partial charge in [-0.25, -0.2) is 0 Å². The summed E-state index contributed by atoms with van der Waals surface area (Å²) in [7, 11) is 0. The topological polar surface area (TPSA) is 58.6 Å². The molecule has 2 N–H and O–H groups in total. The molecule has 0 aliphatic rings. The summed E-state index contributed by atoms with van der Waals surface area (Å²) in [5.74, 6) is 0.226. The number of benzene rings is 2. The van der Waals surface area contributed by atoms with E-state index in [1.54, 1.807) is 24.3 Å². The first-order valence-corrected chi connectivity index (χ1v) is 7.18. The number of nitrogens with one attached hydrogen (secondary N) is 1. The average molecular weight is 339 g/mol. The highest BCUT2D eigenvalue weighted by Crippen LogP contribution is 2.29. The zero-order valence-corrected chi connectivity index (χ0v) is 12.6. The highest BCUT2D eigenvalue weighted by Gasteiger charge is 2.29. The van der Waals surface area contributed by atoms with Gasteiger partial charge in [-0.05, 0) is 42.0 Å². The molecule has 0 fully saturated rings. The number of ether oxygens (including phenoxy) is 1. The van der Waals surface area contributed by atoms with E-state index >= 15 is 0 Å². The van der Waals surface area contributed by atoms with E-state index in [1.165, 1.54) is 12.1 Å². The quantitative estimate of drug-likeness (QED) is 0.849. The number of rotatable bonds is 6. The molecule has 128 valence electrons. The molecule has 2 rings (SSSR count). The van der Waals surface area contributed by atoms with E-state index in [0.717, 1.165) is 12.1 Å². The first kappa shape index (κ1) is 17.8. The van der Waals surface area contributed by atoms with E-state index in [-0.39, 0.29) is 25.5 Å². The van der Waals surface area contributed by atoms with Gasteiger partial charge in [0.2, 0.25) is 5.91 Å². The number of halogens is 3. The fourth-order valence-corrected chi connectivity index (χ4v) is 2.00. The van der Waals surface area contributed by atoms with Gasteiger partial charge in [-0.2, -0.15) is 13.2 Å². The molecule has 2 aromatic rings. The van der Waals surface area contributed by atoms with Gasteiger partial charge in [0.15, 0.2) is 0 Å². The summed E-state index contributed by atoms with van der Waals surface area (Å²) < 4.78 is 42.6. The Bertz CT molecular complexity index is 667. The molecule has 0 atom stereocenters. The summed E-state index contributed by atoms with van der Waals surface area (Å²) in [6.07, 6.45) is -4.42. The molecule has 0 aliphatic carbocycles. The van der Waals surface area contributed by atoms with Gasteiger partial charge in [-0.3, -0.25) is 4.79 Å². The molecule has 0 aliphatic heterocycles. The Morgan fingerprint density at radius 3 is 2.21 bits per heavy atom. The molecule has 1 amide bonds. The maximum absolute atomic E-state index is 12.5. The van der Waals surface area contributed by atoms with E-state index in [2.05, 4.69) is 5.32 Å². The van der Waals surface area contributed by atoms with E-state index < -0.39 is 11.7 Å². The molecule has 0 radical (unpaired) electrons. The lowest BCUT2D eigenvalue weighted by molar-refractivity contribution is -0.137. The van der Waals surface area contributed by atoms with Crippen molar-refractivity contribution in [2.75, 3.05) is 18.5 Å². The van der Waals surface area contributed by atoms with Crippen molar-refractivity contribution in [1.82, 2.24) is 0 Å². The Balaban J connectivity index is 1.91. The van der Waals surface area contributed by atoms with Crippen LogP contribution in [0.3, 0.4) is 0 Å². The van der Waals surface area contributed by atoms with Gasteiger partial charge in [0, 0.05) is 5.69 Å². The molecule has 0 heterocycles. The normalized spacial score (nSPS) is 11.2. The molecule has 0 bridgehead atoms. The Morgan fingerprint density at radius 1 is 1.04 bits per heavy atom. The van der Waals surface area contributed by atoms with Crippen LogP contribution in [-0.2, 0) is 17.4 Å². The van der Waals surface area contributed by atoms with Crippen LogP contribution in [0.1, 0.15) is 11.1 Å². The lowest BCUT2D eigenvalue weighted by Gasteiger charge is -2.09. The van der Waals surface area contributed by atoms with Gasteiger partial charge in [0.05, 0.1) is 18.6 Å². The van der Waals surface area contributed by atoms with Gasteiger partial charge in [0.25, 0.3) is 0 Å². The van der Waals surface area contributed by atoms with Crippen LogP contribution in [-0.4, -0.2) is 24.2 Å². The lowest BCUT2D eigenvalue weighted by Crippen LogP contribution is -2.14. The fourth-order valence-electron chi connectivity index (χ4n) is 2.00. The van der Waals surface area contributed by atoms with Gasteiger partial charge < -0.3 is 15.2 Å². The van der Waals surface area contributed by atoms with Crippen LogP contribution in [0.2, 0.25) is 0 Å². The molecule has 0 aromatic heterocycles. The Labute approximate surface area is 136 Å². The van der Waals surface area contributed by atoms with Crippen molar-refractivity contribution in [3.8, 4) is 5.75 Å². The summed E-state index contributed by atoms with van der Waals surface area (Å²) in [6.45, 7) is 0.0885. The van der Waals surface area contributed by atoms with Crippen molar-refractivity contribution in [2.45, 2.75) is 12.6 Å². The third-order valence-electron chi connectivity index (χ3n) is 3.14. The largest absolute Gasteiger partial charge is 0.491 e. The van der Waals surface area contributed by atoms with Crippen LogP contribution in [0.25, 0.3) is 0 Å². The first-order valence-electron chi connectivity index (χ1n) is 7.18. The van der Waals surface area contributed by atoms with Crippen LogP contribution in [0.15, 0.2) is 48.5 Å². The smallest absolute Gasteiger partial charge is 0.416 e. The summed E-state index contributed by atoms with van der Waals surface area (Å²) >= 11 is 0. The molecule has 2 aromatic carbocycles. The van der Waals surface area contributed by atoms with Gasteiger partial charge in [-0.15, -0.1) is 0 Å². The number of carbonyl (C=O) groups excluding carboxylic acids is 1. The number of hydrogen-bond donors (Lipinski definition) is 2. The third-order valence-corrected chi connectivity index (χ3v) is 3.14. The number of amides is 1.